The highest BCUT2D eigenvalue weighted by Gasteiger charge is 2.37. The van der Waals surface area contributed by atoms with E-state index in [1.807, 2.05) is 41.2 Å². The molecular formula is C18H19FN6. The first-order chi connectivity index (χ1) is 12.3. The number of hydrogen-bond donors (Lipinski definition) is 0. The van der Waals surface area contributed by atoms with Crippen LogP contribution in [0.5, 0.6) is 0 Å². The van der Waals surface area contributed by atoms with Crippen molar-refractivity contribution in [2.75, 3.05) is 31.1 Å². The number of fused-ring (bicyclic) bond motifs is 2. The molecule has 6 nitrogen and oxygen atoms in total. The van der Waals surface area contributed by atoms with E-state index in [1.54, 1.807) is 6.33 Å². The van der Waals surface area contributed by atoms with Crippen molar-refractivity contribution in [1.29, 1.82) is 0 Å². The van der Waals surface area contributed by atoms with Gasteiger partial charge in [-0.25, -0.2) is 19.0 Å². The van der Waals surface area contributed by atoms with Crippen molar-refractivity contribution >= 4 is 16.9 Å². The minimum absolute atomic E-state index is 0.276. The number of piperazine rings is 1. The molecular weight excluding hydrogens is 319 g/mol. The van der Waals surface area contributed by atoms with Crippen LogP contribution in [0.15, 0.2) is 42.9 Å². The third-order valence-corrected chi connectivity index (χ3v) is 5.21. The summed E-state index contributed by atoms with van der Waals surface area (Å²) in [5.74, 6) is 0.897. The van der Waals surface area contributed by atoms with Gasteiger partial charge in [-0.2, -0.15) is 5.10 Å². The summed E-state index contributed by atoms with van der Waals surface area (Å²) in [4.78, 5) is 13.5. The highest BCUT2D eigenvalue weighted by Crippen LogP contribution is 2.30. The number of rotatable bonds is 2. The summed E-state index contributed by atoms with van der Waals surface area (Å²) >= 11 is 0. The third kappa shape index (κ3) is 2.46. The number of anilines is 1. The predicted molar refractivity (Wildman–Crippen MR) is 93.7 cm³/mol. The molecule has 0 spiro atoms. The molecule has 2 atom stereocenters. The molecule has 0 unspecified atom stereocenters. The Morgan fingerprint density at radius 3 is 2.80 bits per heavy atom. The summed E-state index contributed by atoms with van der Waals surface area (Å²) in [6.07, 6.45) is 3.35. The van der Waals surface area contributed by atoms with Crippen molar-refractivity contribution in [3.63, 3.8) is 0 Å². The zero-order valence-electron chi connectivity index (χ0n) is 13.8. The Kier molecular flexibility index (Phi) is 3.41. The van der Waals surface area contributed by atoms with Crippen LogP contribution in [0, 0.1) is 0 Å². The quantitative estimate of drug-likeness (QED) is 0.716. The molecule has 2 aliphatic heterocycles. The molecule has 25 heavy (non-hydrogen) atoms. The molecule has 0 saturated carbocycles. The van der Waals surface area contributed by atoms with E-state index in [4.69, 9.17) is 0 Å². The van der Waals surface area contributed by atoms with Gasteiger partial charge >= 0.3 is 0 Å². The van der Waals surface area contributed by atoms with E-state index < -0.39 is 6.17 Å². The van der Waals surface area contributed by atoms with Crippen LogP contribution in [0.1, 0.15) is 6.42 Å². The van der Waals surface area contributed by atoms with Gasteiger partial charge in [0.15, 0.2) is 5.65 Å². The van der Waals surface area contributed by atoms with E-state index in [1.165, 1.54) is 0 Å². The van der Waals surface area contributed by atoms with Gasteiger partial charge in [0.05, 0.1) is 17.3 Å². The first-order valence-electron chi connectivity index (χ1n) is 8.67. The fourth-order valence-corrected chi connectivity index (χ4v) is 4.02. The van der Waals surface area contributed by atoms with Crippen LogP contribution in [-0.2, 0) is 0 Å². The number of para-hydroxylation sites is 1. The van der Waals surface area contributed by atoms with Crippen molar-refractivity contribution in [2.45, 2.75) is 18.6 Å². The predicted octanol–water partition coefficient (Wildman–Crippen LogP) is 2.05. The normalized spacial score (nSPS) is 24.0. The van der Waals surface area contributed by atoms with Gasteiger partial charge < -0.3 is 4.90 Å². The van der Waals surface area contributed by atoms with E-state index in [0.29, 0.717) is 13.0 Å². The van der Waals surface area contributed by atoms with Crippen LogP contribution in [0.4, 0.5) is 10.2 Å². The van der Waals surface area contributed by atoms with E-state index in [9.17, 15) is 4.39 Å². The maximum absolute atomic E-state index is 13.7. The van der Waals surface area contributed by atoms with Crippen LogP contribution in [0.3, 0.4) is 0 Å². The number of nitrogens with zero attached hydrogens (tertiary/aromatic N) is 6. The average molecular weight is 338 g/mol. The molecule has 2 aliphatic rings. The average Bonchev–Trinajstić information content (AvgIpc) is 3.24. The fraction of sp³-hybridized carbons (Fsp3) is 0.389. The van der Waals surface area contributed by atoms with Gasteiger partial charge in [0, 0.05) is 32.2 Å². The monoisotopic (exact) mass is 338 g/mol. The molecule has 0 radical (unpaired) electrons. The van der Waals surface area contributed by atoms with Crippen LogP contribution in [0.2, 0.25) is 0 Å². The second kappa shape index (κ2) is 5.77. The molecule has 0 aliphatic carbocycles. The zero-order valence-corrected chi connectivity index (χ0v) is 13.8. The van der Waals surface area contributed by atoms with Crippen LogP contribution < -0.4 is 4.90 Å². The highest BCUT2D eigenvalue weighted by atomic mass is 19.1. The molecule has 128 valence electrons. The Labute approximate surface area is 144 Å². The number of hydrogen-bond acceptors (Lipinski definition) is 5. The van der Waals surface area contributed by atoms with Crippen molar-refractivity contribution in [3.05, 3.63) is 42.9 Å². The van der Waals surface area contributed by atoms with Crippen LogP contribution in [0.25, 0.3) is 16.7 Å². The van der Waals surface area contributed by atoms with E-state index >= 15 is 0 Å². The molecule has 1 aromatic carbocycles. The first-order valence-corrected chi connectivity index (χ1v) is 8.67. The minimum Gasteiger partial charge on any atom is -0.353 e. The Morgan fingerprint density at radius 1 is 1.04 bits per heavy atom. The fourth-order valence-electron chi connectivity index (χ4n) is 4.02. The van der Waals surface area contributed by atoms with E-state index in [-0.39, 0.29) is 6.04 Å². The van der Waals surface area contributed by atoms with Crippen molar-refractivity contribution in [2.24, 2.45) is 0 Å². The molecule has 0 bridgehead atoms. The SMILES string of the molecule is F[C@H]1C[C@H]2CN(c3ncnc4c3cnn4-c3ccccc3)CCN2C1. The Bertz CT molecular complexity index is 895. The van der Waals surface area contributed by atoms with Gasteiger partial charge in [0.2, 0.25) is 0 Å². The lowest BCUT2D eigenvalue weighted by Crippen LogP contribution is -2.50. The van der Waals surface area contributed by atoms with Gasteiger partial charge in [0.1, 0.15) is 18.3 Å². The molecule has 5 rings (SSSR count). The minimum atomic E-state index is -0.698. The lowest BCUT2D eigenvalue weighted by molar-refractivity contribution is 0.223. The molecule has 2 fully saturated rings. The molecule has 3 aromatic rings. The molecule has 2 saturated heterocycles. The van der Waals surface area contributed by atoms with Gasteiger partial charge in [0.25, 0.3) is 0 Å². The van der Waals surface area contributed by atoms with Crippen molar-refractivity contribution in [3.8, 4) is 5.69 Å². The lowest BCUT2D eigenvalue weighted by atomic mass is 10.1. The summed E-state index contributed by atoms with van der Waals surface area (Å²) in [5, 5.41) is 5.46. The third-order valence-electron chi connectivity index (χ3n) is 5.21. The summed E-state index contributed by atoms with van der Waals surface area (Å²) in [5.41, 5.74) is 1.77. The first kappa shape index (κ1) is 14.8. The summed E-state index contributed by atoms with van der Waals surface area (Å²) in [6.45, 7) is 3.11. The van der Waals surface area contributed by atoms with Gasteiger partial charge in [-0.05, 0) is 18.6 Å². The maximum atomic E-state index is 13.7. The van der Waals surface area contributed by atoms with Gasteiger partial charge in [-0.3, -0.25) is 4.90 Å². The van der Waals surface area contributed by atoms with Crippen LogP contribution in [-0.4, -0.2) is 63.0 Å². The topological polar surface area (TPSA) is 50.1 Å². The summed E-state index contributed by atoms with van der Waals surface area (Å²) < 4.78 is 15.5. The molecule has 2 aromatic heterocycles. The highest BCUT2D eigenvalue weighted by molar-refractivity contribution is 5.87. The number of alkyl halides is 1. The standard InChI is InChI=1S/C18H19FN6/c19-13-8-15-11-24(7-6-23(15)10-13)17-16-9-22-25(18(16)21-12-20-17)14-4-2-1-3-5-14/h1-5,9,12-13,15H,6-8,10-11H2/t13-,15-/m0/s1. The Hall–Kier alpha value is -2.54. The molecule has 0 N–H and O–H groups in total. The molecule has 7 heteroatoms. The summed E-state index contributed by atoms with van der Waals surface area (Å²) in [6, 6.07) is 10.2. The zero-order chi connectivity index (χ0) is 16.8. The number of benzene rings is 1. The van der Waals surface area contributed by atoms with Gasteiger partial charge in [-0.1, -0.05) is 18.2 Å². The molecule has 4 heterocycles. The number of aromatic nitrogens is 4. The molecule has 0 amide bonds. The lowest BCUT2D eigenvalue weighted by Gasteiger charge is -2.37. The number of halogens is 1. The second-order valence-corrected chi connectivity index (χ2v) is 6.75. The van der Waals surface area contributed by atoms with Crippen molar-refractivity contribution < 1.29 is 4.39 Å². The van der Waals surface area contributed by atoms with Crippen molar-refractivity contribution in [1.82, 2.24) is 24.6 Å². The van der Waals surface area contributed by atoms with Crippen LogP contribution >= 0.6 is 0 Å². The maximum Gasteiger partial charge on any atom is 0.168 e. The Morgan fingerprint density at radius 2 is 1.92 bits per heavy atom. The van der Waals surface area contributed by atoms with E-state index in [0.717, 1.165) is 42.2 Å². The summed E-state index contributed by atoms with van der Waals surface area (Å²) in [7, 11) is 0. The Balaban J connectivity index is 1.51. The van der Waals surface area contributed by atoms with E-state index in [2.05, 4.69) is 24.9 Å². The van der Waals surface area contributed by atoms with Gasteiger partial charge in [-0.15, -0.1) is 0 Å². The largest absolute Gasteiger partial charge is 0.353 e. The second-order valence-electron chi connectivity index (χ2n) is 6.75. The smallest absolute Gasteiger partial charge is 0.168 e.